The summed E-state index contributed by atoms with van der Waals surface area (Å²) >= 11 is 3.31. The molecule has 0 saturated heterocycles. The number of carbonyl (C=O) groups is 1. The number of aryl methyl sites for hydroxylation is 2. The Kier molecular flexibility index (Phi) is 7.75. The van der Waals surface area contributed by atoms with Crippen LogP contribution in [-0.4, -0.2) is 17.4 Å². The molecular weight excluding hydrogens is 338 g/mol. The van der Waals surface area contributed by atoms with E-state index in [0.29, 0.717) is 6.42 Å². The lowest BCUT2D eigenvalue weighted by molar-refractivity contribution is -0.116. The standard InChI is InChI=1S/C18H25N3OS2/c1-13-11-15(24-18-20-14(2)12-23-18)8-9-16(13)21-17(22)7-5-3-4-6-10-19/h8-9,11-12H,3-7,10,19H2,1-2H3,(H,21,22). The molecule has 0 aliphatic rings. The van der Waals surface area contributed by atoms with Crippen LogP contribution in [0.3, 0.4) is 0 Å². The van der Waals surface area contributed by atoms with E-state index in [4.69, 9.17) is 5.73 Å². The molecule has 0 unspecified atom stereocenters. The van der Waals surface area contributed by atoms with Gasteiger partial charge in [0.05, 0.1) is 0 Å². The van der Waals surface area contributed by atoms with Crippen LogP contribution in [0.4, 0.5) is 5.69 Å². The highest BCUT2D eigenvalue weighted by Gasteiger charge is 2.07. The zero-order valence-electron chi connectivity index (χ0n) is 14.3. The summed E-state index contributed by atoms with van der Waals surface area (Å²) in [6.07, 6.45) is 4.69. The summed E-state index contributed by atoms with van der Waals surface area (Å²) in [4.78, 5) is 17.6. The van der Waals surface area contributed by atoms with Gasteiger partial charge in [-0.1, -0.05) is 24.6 Å². The first kappa shape index (κ1) is 19.0. The van der Waals surface area contributed by atoms with Crippen LogP contribution in [0.15, 0.2) is 32.8 Å². The lowest BCUT2D eigenvalue weighted by Gasteiger charge is -2.10. The summed E-state index contributed by atoms with van der Waals surface area (Å²) < 4.78 is 1.04. The minimum atomic E-state index is 0.0850. The second kappa shape index (κ2) is 9.81. The summed E-state index contributed by atoms with van der Waals surface area (Å²) in [5.74, 6) is 0.0850. The van der Waals surface area contributed by atoms with Crippen molar-refractivity contribution in [2.24, 2.45) is 5.73 Å². The van der Waals surface area contributed by atoms with Gasteiger partial charge < -0.3 is 11.1 Å². The van der Waals surface area contributed by atoms with Gasteiger partial charge in [-0.05, 0) is 57.0 Å². The first-order valence-electron chi connectivity index (χ1n) is 8.29. The van der Waals surface area contributed by atoms with Crippen molar-refractivity contribution in [1.82, 2.24) is 4.98 Å². The zero-order valence-corrected chi connectivity index (χ0v) is 15.9. The molecule has 0 atom stereocenters. The van der Waals surface area contributed by atoms with Gasteiger partial charge in [0.25, 0.3) is 0 Å². The number of nitrogens with one attached hydrogen (secondary N) is 1. The number of hydrogen-bond donors (Lipinski definition) is 2. The Balaban J connectivity index is 1.84. The van der Waals surface area contributed by atoms with E-state index in [1.54, 1.807) is 23.1 Å². The number of nitrogens with zero attached hydrogens (tertiary/aromatic N) is 1. The van der Waals surface area contributed by atoms with E-state index < -0.39 is 0 Å². The summed E-state index contributed by atoms with van der Waals surface area (Å²) in [6, 6.07) is 6.11. The van der Waals surface area contributed by atoms with Crippen molar-refractivity contribution in [3.8, 4) is 0 Å². The number of unbranched alkanes of at least 4 members (excludes halogenated alkanes) is 3. The van der Waals surface area contributed by atoms with E-state index in [2.05, 4.69) is 21.7 Å². The molecule has 1 aromatic carbocycles. The largest absolute Gasteiger partial charge is 0.330 e. The van der Waals surface area contributed by atoms with Gasteiger partial charge in [0.2, 0.25) is 5.91 Å². The molecular formula is C18H25N3OS2. The first-order valence-corrected chi connectivity index (χ1v) is 9.98. The van der Waals surface area contributed by atoms with Gasteiger partial charge in [0, 0.05) is 28.1 Å². The highest BCUT2D eigenvalue weighted by molar-refractivity contribution is 8.01. The molecule has 130 valence electrons. The van der Waals surface area contributed by atoms with Crippen LogP contribution in [-0.2, 0) is 4.79 Å². The van der Waals surface area contributed by atoms with Crippen molar-refractivity contribution >= 4 is 34.7 Å². The third kappa shape index (κ3) is 6.26. The van der Waals surface area contributed by atoms with Crippen LogP contribution in [0, 0.1) is 13.8 Å². The molecule has 1 heterocycles. The zero-order chi connectivity index (χ0) is 17.4. The van der Waals surface area contributed by atoms with Crippen LogP contribution in [0.1, 0.15) is 43.4 Å². The van der Waals surface area contributed by atoms with Gasteiger partial charge in [0.1, 0.15) is 0 Å². The van der Waals surface area contributed by atoms with E-state index in [9.17, 15) is 4.79 Å². The molecule has 2 aromatic rings. The lowest BCUT2D eigenvalue weighted by Crippen LogP contribution is -2.12. The number of thiazole rings is 1. The third-order valence-electron chi connectivity index (χ3n) is 3.63. The van der Waals surface area contributed by atoms with E-state index in [0.717, 1.165) is 58.4 Å². The summed E-state index contributed by atoms with van der Waals surface area (Å²) in [6.45, 7) is 4.75. The molecule has 3 N–H and O–H groups in total. The van der Waals surface area contributed by atoms with Gasteiger partial charge in [-0.15, -0.1) is 11.3 Å². The van der Waals surface area contributed by atoms with Crippen LogP contribution in [0.5, 0.6) is 0 Å². The maximum Gasteiger partial charge on any atom is 0.224 e. The molecule has 0 radical (unpaired) electrons. The van der Waals surface area contributed by atoms with Gasteiger partial charge in [-0.25, -0.2) is 4.98 Å². The monoisotopic (exact) mass is 363 g/mol. The fraction of sp³-hybridized carbons (Fsp3) is 0.444. The fourth-order valence-electron chi connectivity index (χ4n) is 2.32. The van der Waals surface area contributed by atoms with E-state index >= 15 is 0 Å². The van der Waals surface area contributed by atoms with Gasteiger partial charge in [-0.3, -0.25) is 4.79 Å². The van der Waals surface area contributed by atoms with Crippen LogP contribution < -0.4 is 11.1 Å². The smallest absolute Gasteiger partial charge is 0.224 e. The summed E-state index contributed by atoms with van der Waals surface area (Å²) in [7, 11) is 0. The molecule has 0 saturated carbocycles. The van der Waals surface area contributed by atoms with Crippen molar-refractivity contribution in [1.29, 1.82) is 0 Å². The SMILES string of the molecule is Cc1csc(Sc2ccc(NC(=O)CCCCCCN)c(C)c2)n1. The van der Waals surface area contributed by atoms with Gasteiger partial charge >= 0.3 is 0 Å². The first-order chi connectivity index (χ1) is 11.6. The Hall–Kier alpha value is -1.37. The predicted molar refractivity (Wildman–Crippen MR) is 103 cm³/mol. The Morgan fingerprint density at radius 3 is 2.71 bits per heavy atom. The number of hydrogen-bond acceptors (Lipinski definition) is 5. The molecule has 0 bridgehead atoms. The van der Waals surface area contributed by atoms with Crippen LogP contribution in [0.25, 0.3) is 0 Å². The number of rotatable bonds is 9. The van der Waals surface area contributed by atoms with Gasteiger partial charge in [0.15, 0.2) is 4.34 Å². The number of aromatic nitrogens is 1. The minimum Gasteiger partial charge on any atom is -0.330 e. The molecule has 0 aliphatic heterocycles. The van der Waals surface area contributed by atoms with Crippen LogP contribution in [0.2, 0.25) is 0 Å². The molecule has 0 fully saturated rings. The molecule has 24 heavy (non-hydrogen) atoms. The number of benzene rings is 1. The molecule has 1 amide bonds. The van der Waals surface area contributed by atoms with E-state index in [1.807, 2.05) is 26.0 Å². The van der Waals surface area contributed by atoms with Crippen molar-refractivity contribution in [2.45, 2.75) is 55.2 Å². The molecule has 4 nitrogen and oxygen atoms in total. The average Bonchev–Trinajstić information content (AvgIpc) is 2.95. The molecule has 0 aliphatic carbocycles. The Morgan fingerprint density at radius 2 is 2.04 bits per heavy atom. The fourth-order valence-corrected chi connectivity index (χ4v) is 4.23. The highest BCUT2D eigenvalue weighted by Crippen LogP contribution is 2.32. The maximum atomic E-state index is 12.0. The van der Waals surface area contributed by atoms with E-state index in [1.165, 1.54) is 0 Å². The quantitative estimate of drug-likeness (QED) is 0.630. The van der Waals surface area contributed by atoms with Crippen molar-refractivity contribution in [2.75, 3.05) is 11.9 Å². The number of amides is 1. The molecule has 6 heteroatoms. The summed E-state index contributed by atoms with van der Waals surface area (Å²) in [5, 5.41) is 5.06. The predicted octanol–water partition coefficient (Wildman–Crippen LogP) is 4.76. The Labute approximate surface area is 152 Å². The number of anilines is 1. The van der Waals surface area contributed by atoms with Gasteiger partial charge in [-0.2, -0.15) is 0 Å². The average molecular weight is 364 g/mol. The minimum absolute atomic E-state index is 0.0850. The number of nitrogens with two attached hydrogens (primary N) is 1. The molecule has 1 aromatic heterocycles. The van der Waals surface area contributed by atoms with Crippen molar-refractivity contribution in [3.63, 3.8) is 0 Å². The van der Waals surface area contributed by atoms with Crippen LogP contribution >= 0.6 is 23.1 Å². The highest BCUT2D eigenvalue weighted by atomic mass is 32.2. The topological polar surface area (TPSA) is 68.0 Å². The Morgan fingerprint density at radius 1 is 1.25 bits per heavy atom. The van der Waals surface area contributed by atoms with E-state index in [-0.39, 0.29) is 5.91 Å². The van der Waals surface area contributed by atoms with Crippen molar-refractivity contribution < 1.29 is 4.79 Å². The molecule has 0 spiro atoms. The summed E-state index contributed by atoms with van der Waals surface area (Å²) in [5.41, 5.74) is 8.48. The normalized spacial score (nSPS) is 10.8. The second-order valence-electron chi connectivity index (χ2n) is 5.83. The second-order valence-corrected chi connectivity index (χ2v) is 8.01. The molecule has 2 rings (SSSR count). The lowest BCUT2D eigenvalue weighted by atomic mass is 10.1. The third-order valence-corrected chi connectivity index (χ3v) is 5.68. The van der Waals surface area contributed by atoms with Crippen molar-refractivity contribution in [3.05, 3.63) is 34.8 Å². The number of carbonyl (C=O) groups excluding carboxylic acids is 1. The maximum absolute atomic E-state index is 12.0. The Bertz CT molecular complexity index is 670.